The van der Waals surface area contributed by atoms with Crippen molar-refractivity contribution in [3.05, 3.63) is 75.8 Å². The van der Waals surface area contributed by atoms with Crippen LogP contribution in [0.2, 0.25) is 0 Å². The van der Waals surface area contributed by atoms with Gasteiger partial charge < -0.3 is 4.74 Å². The van der Waals surface area contributed by atoms with Crippen molar-refractivity contribution in [2.24, 2.45) is 0 Å². The van der Waals surface area contributed by atoms with Crippen molar-refractivity contribution in [2.75, 3.05) is 0 Å². The van der Waals surface area contributed by atoms with E-state index in [0.29, 0.717) is 5.56 Å². The van der Waals surface area contributed by atoms with Crippen LogP contribution in [0, 0.1) is 10.1 Å². The zero-order chi connectivity index (χ0) is 17.0. The van der Waals surface area contributed by atoms with E-state index in [1.807, 2.05) is 30.3 Å². The van der Waals surface area contributed by atoms with Gasteiger partial charge in [-0.3, -0.25) is 14.9 Å². The quantitative estimate of drug-likeness (QED) is 0.472. The molecule has 0 saturated heterocycles. The van der Waals surface area contributed by atoms with Gasteiger partial charge >= 0.3 is 5.97 Å². The molecule has 0 unspecified atom stereocenters. The van der Waals surface area contributed by atoms with E-state index in [2.05, 4.69) is 0 Å². The molecule has 0 aromatic heterocycles. The number of carbonyl (C=O) groups is 1. The summed E-state index contributed by atoms with van der Waals surface area (Å²) in [6.07, 6.45) is -0.564. The number of esters is 1. The highest BCUT2D eigenvalue weighted by Gasteiger charge is 2.32. The number of nitro benzene ring substituents is 1. The lowest BCUT2D eigenvalue weighted by atomic mass is 9.85. The molecule has 23 heavy (non-hydrogen) atoms. The summed E-state index contributed by atoms with van der Waals surface area (Å²) in [5, 5.41) is 10.8. The molecule has 0 spiro atoms. The fourth-order valence-corrected chi connectivity index (χ4v) is 2.24. The molecule has 0 aliphatic heterocycles. The Morgan fingerprint density at radius 1 is 1.13 bits per heavy atom. The largest absolute Gasteiger partial charge is 0.457 e. The lowest BCUT2D eigenvalue weighted by Gasteiger charge is -2.25. The zero-order valence-corrected chi connectivity index (χ0v) is 13.4. The molecule has 0 aliphatic carbocycles. The molecule has 5 heteroatoms. The Morgan fingerprint density at radius 2 is 1.78 bits per heavy atom. The molecule has 0 radical (unpaired) electrons. The standard InChI is InChI=1S/C18H19NO4/c1-13(14-8-7-11-16(12-14)19(21)22)23-17(20)18(2,3)15-9-5-4-6-10-15/h4-13H,1-3H3/t13-/m1/s1. The first-order chi connectivity index (χ1) is 10.8. The Hall–Kier alpha value is -2.69. The van der Waals surface area contributed by atoms with Crippen LogP contribution in [0.25, 0.3) is 0 Å². The molecule has 2 rings (SSSR count). The van der Waals surface area contributed by atoms with E-state index >= 15 is 0 Å². The summed E-state index contributed by atoms with van der Waals surface area (Å²) < 4.78 is 5.53. The molecular weight excluding hydrogens is 294 g/mol. The van der Waals surface area contributed by atoms with Crippen molar-refractivity contribution in [1.82, 2.24) is 0 Å². The van der Waals surface area contributed by atoms with E-state index < -0.39 is 16.4 Å². The predicted octanol–water partition coefficient (Wildman–Crippen LogP) is 4.18. The van der Waals surface area contributed by atoms with Crippen molar-refractivity contribution < 1.29 is 14.5 Å². The van der Waals surface area contributed by atoms with Crippen LogP contribution in [0.4, 0.5) is 5.69 Å². The van der Waals surface area contributed by atoms with Crippen LogP contribution in [0.3, 0.4) is 0 Å². The number of nitro groups is 1. The first kappa shape index (κ1) is 16.7. The van der Waals surface area contributed by atoms with Crippen LogP contribution >= 0.6 is 0 Å². The van der Waals surface area contributed by atoms with Gasteiger partial charge in [-0.25, -0.2) is 0 Å². The van der Waals surface area contributed by atoms with E-state index in [9.17, 15) is 14.9 Å². The maximum absolute atomic E-state index is 12.5. The molecule has 1 atom stereocenters. The third kappa shape index (κ3) is 3.74. The van der Waals surface area contributed by atoms with Crippen molar-refractivity contribution in [1.29, 1.82) is 0 Å². The molecule has 5 nitrogen and oxygen atoms in total. The Labute approximate surface area is 135 Å². The van der Waals surface area contributed by atoms with Gasteiger partial charge in [-0.2, -0.15) is 0 Å². The fraction of sp³-hybridized carbons (Fsp3) is 0.278. The number of carbonyl (C=O) groups excluding carboxylic acids is 1. The average molecular weight is 313 g/mol. The number of hydrogen-bond donors (Lipinski definition) is 0. The molecule has 0 N–H and O–H groups in total. The average Bonchev–Trinajstić information content (AvgIpc) is 2.55. The minimum atomic E-state index is -0.795. The second-order valence-corrected chi connectivity index (χ2v) is 5.89. The second-order valence-electron chi connectivity index (χ2n) is 5.89. The minimum Gasteiger partial charge on any atom is -0.457 e. The molecule has 0 fully saturated rings. The molecule has 0 heterocycles. The van der Waals surface area contributed by atoms with E-state index in [4.69, 9.17) is 4.74 Å². The Kier molecular flexibility index (Phi) is 4.79. The topological polar surface area (TPSA) is 69.4 Å². The molecule has 2 aromatic rings. The first-order valence-electron chi connectivity index (χ1n) is 7.33. The summed E-state index contributed by atoms with van der Waals surface area (Å²) in [6, 6.07) is 15.5. The Balaban J connectivity index is 2.16. The van der Waals surface area contributed by atoms with Crippen LogP contribution < -0.4 is 0 Å². The molecule has 0 amide bonds. The molecule has 120 valence electrons. The van der Waals surface area contributed by atoms with Crippen LogP contribution in [0.5, 0.6) is 0 Å². The lowest BCUT2D eigenvalue weighted by molar-refractivity contribution is -0.385. The fourth-order valence-electron chi connectivity index (χ4n) is 2.24. The van der Waals surface area contributed by atoms with Crippen molar-refractivity contribution in [2.45, 2.75) is 32.3 Å². The van der Waals surface area contributed by atoms with Gasteiger partial charge in [-0.05, 0) is 31.9 Å². The number of hydrogen-bond acceptors (Lipinski definition) is 4. The number of ether oxygens (including phenoxy) is 1. The van der Waals surface area contributed by atoms with Crippen LogP contribution in [0.15, 0.2) is 54.6 Å². The second kappa shape index (κ2) is 6.60. The zero-order valence-electron chi connectivity index (χ0n) is 13.4. The first-order valence-corrected chi connectivity index (χ1v) is 7.33. The van der Waals surface area contributed by atoms with Gasteiger partial charge in [0.15, 0.2) is 0 Å². The third-order valence-corrected chi connectivity index (χ3v) is 3.84. The van der Waals surface area contributed by atoms with E-state index in [0.717, 1.165) is 5.56 Å². The van der Waals surface area contributed by atoms with Gasteiger partial charge in [0.2, 0.25) is 0 Å². The number of nitrogens with zero attached hydrogens (tertiary/aromatic N) is 1. The van der Waals surface area contributed by atoms with Gasteiger partial charge in [-0.15, -0.1) is 0 Å². The maximum Gasteiger partial charge on any atom is 0.316 e. The molecule has 0 aliphatic rings. The summed E-state index contributed by atoms with van der Waals surface area (Å²) in [7, 11) is 0. The normalized spacial score (nSPS) is 12.5. The number of rotatable bonds is 5. The summed E-state index contributed by atoms with van der Waals surface area (Å²) in [6.45, 7) is 5.30. The number of benzene rings is 2. The molecular formula is C18H19NO4. The van der Waals surface area contributed by atoms with Gasteiger partial charge in [0.05, 0.1) is 10.3 Å². The van der Waals surface area contributed by atoms with Gasteiger partial charge in [0, 0.05) is 12.1 Å². The highest BCUT2D eigenvalue weighted by atomic mass is 16.6. The Bertz CT molecular complexity index is 710. The number of non-ortho nitro benzene ring substituents is 1. The minimum absolute atomic E-state index is 0.0206. The monoisotopic (exact) mass is 313 g/mol. The van der Waals surface area contributed by atoms with Crippen LogP contribution in [-0.4, -0.2) is 10.9 Å². The molecule has 0 bridgehead atoms. The summed E-state index contributed by atoms with van der Waals surface area (Å²) in [5.74, 6) is -0.372. The van der Waals surface area contributed by atoms with Crippen LogP contribution in [-0.2, 0) is 14.9 Å². The van der Waals surface area contributed by atoms with Crippen molar-refractivity contribution >= 4 is 11.7 Å². The van der Waals surface area contributed by atoms with Gasteiger partial charge in [0.25, 0.3) is 5.69 Å². The third-order valence-electron chi connectivity index (χ3n) is 3.84. The smallest absolute Gasteiger partial charge is 0.316 e. The lowest BCUT2D eigenvalue weighted by Crippen LogP contribution is -2.31. The van der Waals surface area contributed by atoms with Crippen LogP contribution in [0.1, 0.15) is 38.0 Å². The van der Waals surface area contributed by atoms with Crippen molar-refractivity contribution in [3.8, 4) is 0 Å². The highest BCUT2D eigenvalue weighted by Crippen LogP contribution is 2.28. The summed E-state index contributed by atoms with van der Waals surface area (Å²) in [4.78, 5) is 22.9. The van der Waals surface area contributed by atoms with Gasteiger partial charge in [0.1, 0.15) is 6.10 Å². The SMILES string of the molecule is C[C@@H](OC(=O)C(C)(C)c1ccccc1)c1cccc([N+](=O)[O-])c1. The van der Waals surface area contributed by atoms with Crippen molar-refractivity contribution in [3.63, 3.8) is 0 Å². The summed E-state index contributed by atoms with van der Waals surface area (Å²) >= 11 is 0. The predicted molar refractivity (Wildman–Crippen MR) is 87.1 cm³/mol. The summed E-state index contributed by atoms with van der Waals surface area (Å²) in [5.41, 5.74) is 0.635. The van der Waals surface area contributed by atoms with E-state index in [1.165, 1.54) is 12.1 Å². The van der Waals surface area contributed by atoms with E-state index in [1.54, 1.807) is 32.9 Å². The molecule has 0 saturated carbocycles. The van der Waals surface area contributed by atoms with E-state index in [-0.39, 0.29) is 11.7 Å². The van der Waals surface area contributed by atoms with Gasteiger partial charge in [-0.1, -0.05) is 42.5 Å². The molecule has 2 aromatic carbocycles. The highest BCUT2D eigenvalue weighted by molar-refractivity contribution is 5.82. The maximum atomic E-state index is 12.5. The Morgan fingerprint density at radius 3 is 2.39 bits per heavy atom.